The highest BCUT2D eigenvalue weighted by molar-refractivity contribution is 5.92. The van der Waals surface area contributed by atoms with E-state index < -0.39 is 23.6 Å². The fourth-order valence-electron chi connectivity index (χ4n) is 4.93. The summed E-state index contributed by atoms with van der Waals surface area (Å²) >= 11 is 0. The normalized spacial score (nSPS) is 18.1. The van der Waals surface area contributed by atoms with Crippen molar-refractivity contribution in [3.05, 3.63) is 77.9 Å². The molecule has 0 bridgehead atoms. The van der Waals surface area contributed by atoms with Crippen LogP contribution in [0, 0.1) is 5.41 Å². The number of imidazole rings is 1. The first-order chi connectivity index (χ1) is 18.4. The van der Waals surface area contributed by atoms with Crippen LogP contribution >= 0.6 is 0 Å². The van der Waals surface area contributed by atoms with Crippen molar-refractivity contribution in [1.82, 2.24) is 25.1 Å². The van der Waals surface area contributed by atoms with Crippen LogP contribution in [0.3, 0.4) is 0 Å². The van der Waals surface area contributed by atoms with Crippen molar-refractivity contribution < 1.29 is 19.5 Å². The molecule has 9 heteroatoms. The predicted molar refractivity (Wildman–Crippen MR) is 148 cm³/mol. The van der Waals surface area contributed by atoms with E-state index in [1.54, 1.807) is 16.8 Å². The highest BCUT2D eigenvalue weighted by Crippen LogP contribution is 2.33. The van der Waals surface area contributed by atoms with E-state index in [4.69, 9.17) is 0 Å². The second-order valence-corrected chi connectivity index (χ2v) is 11.3. The SMILES string of the molecule is CC(=O)N[C@H](C(=O)N1C[C@H](O)C[C@H]1c1ncc(C(=O)N(C)Cc2ccc(-c3ccccc3)cc2)[nH]1)C(C)(C)C. The van der Waals surface area contributed by atoms with Crippen LogP contribution in [0.5, 0.6) is 0 Å². The molecule has 0 spiro atoms. The first kappa shape index (κ1) is 28.0. The van der Waals surface area contributed by atoms with Gasteiger partial charge in [-0.2, -0.15) is 0 Å². The Morgan fingerprint density at radius 1 is 1.10 bits per heavy atom. The number of aromatic amines is 1. The molecule has 4 rings (SSSR count). The summed E-state index contributed by atoms with van der Waals surface area (Å²) in [4.78, 5) is 49.1. The Morgan fingerprint density at radius 2 is 1.74 bits per heavy atom. The number of likely N-dealkylation sites (tertiary alicyclic amines) is 1. The summed E-state index contributed by atoms with van der Waals surface area (Å²) in [6.07, 6.45) is 1.02. The molecule has 0 radical (unpaired) electrons. The number of H-pyrrole nitrogens is 1. The van der Waals surface area contributed by atoms with Crippen LogP contribution in [0.15, 0.2) is 60.8 Å². The van der Waals surface area contributed by atoms with Crippen LogP contribution in [0.4, 0.5) is 0 Å². The van der Waals surface area contributed by atoms with Gasteiger partial charge in [0.25, 0.3) is 5.91 Å². The van der Waals surface area contributed by atoms with Gasteiger partial charge in [0, 0.05) is 33.5 Å². The lowest BCUT2D eigenvalue weighted by atomic mass is 9.85. The maximum Gasteiger partial charge on any atom is 0.271 e. The number of hydrogen-bond acceptors (Lipinski definition) is 5. The Morgan fingerprint density at radius 3 is 2.36 bits per heavy atom. The van der Waals surface area contributed by atoms with Gasteiger partial charge < -0.3 is 25.2 Å². The summed E-state index contributed by atoms with van der Waals surface area (Å²) in [7, 11) is 1.73. The molecule has 1 aliphatic rings. The van der Waals surface area contributed by atoms with Gasteiger partial charge in [0.2, 0.25) is 11.8 Å². The standard InChI is InChI=1S/C30H37N5O4/c1-19(36)32-26(30(2,3)4)29(39)35-18-23(37)15-25(35)27-31-16-24(33-27)28(38)34(5)17-20-11-13-22(14-12-20)21-9-7-6-8-10-21/h6-14,16,23,25-26,37H,15,17-18H2,1-5H3,(H,31,33)(H,32,36)/t23-,25+,26-/m1/s1. The van der Waals surface area contributed by atoms with Crippen molar-refractivity contribution in [1.29, 1.82) is 0 Å². The Bertz CT molecular complexity index is 1310. The van der Waals surface area contributed by atoms with Gasteiger partial charge in [0.15, 0.2) is 0 Å². The summed E-state index contributed by atoms with van der Waals surface area (Å²) in [5.41, 5.74) is 3.00. The lowest BCUT2D eigenvalue weighted by Gasteiger charge is -2.35. The van der Waals surface area contributed by atoms with Crippen molar-refractivity contribution in [2.45, 2.75) is 58.8 Å². The number of aliphatic hydroxyl groups excluding tert-OH is 1. The third-order valence-corrected chi connectivity index (χ3v) is 6.99. The summed E-state index contributed by atoms with van der Waals surface area (Å²) in [6, 6.07) is 16.9. The largest absolute Gasteiger partial charge is 0.391 e. The van der Waals surface area contributed by atoms with E-state index in [9.17, 15) is 19.5 Å². The third kappa shape index (κ3) is 6.54. The molecule has 0 unspecified atom stereocenters. The molecular weight excluding hydrogens is 494 g/mol. The number of carbonyl (C=O) groups is 3. The molecule has 1 aliphatic heterocycles. The van der Waals surface area contributed by atoms with Crippen molar-refractivity contribution in [2.75, 3.05) is 13.6 Å². The van der Waals surface area contributed by atoms with E-state index in [1.165, 1.54) is 13.1 Å². The molecule has 39 heavy (non-hydrogen) atoms. The smallest absolute Gasteiger partial charge is 0.271 e. The van der Waals surface area contributed by atoms with E-state index in [2.05, 4.69) is 27.4 Å². The summed E-state index contributed by atoms with van der Waals surface area (Å²) in [5, 5.41) is 13.2. The van der Waals surface area contributed by atoms with E-state index in [0.29, 0.717) is 18.1 Å². The number of aromatic nitrogens is 2. The van der Waals surface area contributed by atoms with E-state index in [0.717, 1.165) is 16.7 Å². The zero-order valence-corrected chi connectivity index (χ0v) is 23.1. The molecule has 1 saturated heterocycles. The van der Waals surface area contributed by atoms with Crippen LogP contribution in [-0.2, 0) is 16.1 Å². The number of rotatable bonds is 7. The number of nitrogens with one attached hydrogen (secondary N) is 2. The van der Waals surface area contributed by atoms with Gasteiger partial charge in [-0.25, -0.2) is 4.98 Å². The Hall–Kier alpha value is -3.98. The molecule has 2 aromatic carbocycles. The van der Waals surface area contributed by atoms with Gasteiger partial charge in [-0.3, -0.25) is 14.4 Å². The molecule has 3 aromatic rings. The number of hydrogen-bond donors (Lipinski definition) is 3. The zero-order chi connectivity index (χ0) is 28.3. The molecule has 3 amide bonds. The molecule has 1 fully saturated rings. The van der Waals surface area contributed by atoms with Crippen LogP contribution in [0.2, 0.25) is 0 Å². The summed E-state index contributed by atoms with van der Waals surface area (Å²) in [5.74, 6) is -0.398. The molecular formula is C30H37N5O4. The lowest BCUT2D eigenvalue weighted by Crippen LogP contribution is -2.54. The number of benzene rings is 2. The van der Waals surface area contributed by atoms with Gasteiger partial charge in [0.05, 0.1) is 18.3 Å². The van der Waals surface area contributed by atoms with Gasteiger partial charge in [-0.05, 0) is 22.1 Å². The maximum absolute atomic E-state index is 13.5. The van der Waals surface area contributed by atoms with E-state index in [1.807, 2.05) is 63.2 Å². The monoisotopic (exact) mass is 531 g/mol. The molecule has 3 N–H and O–H groups in total. The zero-order valence-electron chi connectivity index (χ0n) is 23.1. The molecule has 206 valence electrons. The number of aliphatic hydroxyl groups is 1. The Kier molecular flexibility index (Phi) is 8.20. The molecule has 0 saturated carbocycles. The maximum atomic E-state index is 13.5. The van der Waals surface area contributed by atoms with Gasteiger partial charge >= 0.3 is 0 Å². The van der Waals surface area contributed by atoms with E-state index >= 15 is 0 Å². The molecule has 2 heterocycles. The molecule has 0 aliphatic carbocycles. The minimum Gasteiger partial charge on any atom is -0.391 e. The van der Waals surface area contributed by atoms with Crippen molar-refractivity contribution in [3.63, 3.8) is 0 Å². The average molecular weight is 532 g/mol. The van der Waals surface area contributed by atoms with E-state index in [-0.39, 0.29) is 30.7 Å². The molecule has 9 nitrogen and oxygen atoms in total. The summed E-state index contributed by atoms with van der Waals surface area (Å²) < 4.78 is 0. The highest BCUT2D eigenvalue weighted by Gasteiger charge is 2.43. The van der Waals surface area contributed by atoms with Crippen molar-refractivity contribution in [2.24, 2.45) is 5.41 Å². The van der Waals surface area contributed by atoms with Crippen LogP contribution in [0.1, 0.15) is 62.0 Å². The lowest BCUT2D eigenvalue weighted by molar-refractivity contribution is -0.140. The Labute approximate surface area is 229 Å². The average Bonchev–Trinajstić information content (AvgIpc) is 3.53. The number of amides is 3. The molecule has 1 aromatic heterocycles. The second kappa shape index (κ2) is 11.4. The second-order valence-electron chi connectivity index (χ2n) is 11.3. The first-order valence-corrected chi connectivity index (χ1v) is 13.1. The quantitative estimate of drug-likeness (QED) is 0.431. The number of carbonyl (C=O) groups excluding carboxylic acids is 3. The fourth-order valence-corrected chi connectivity index (χ4v) is 4.93. The first-order valence-electron chi connectivity index (χ1n) is 13.1. The van der Waals surface area contributed by atoms with Gasteiger partial charge in [0.1, 0.15) is 17.6 Å². The minimum absolute atomic E-state index is 0.124. The van der Waals surface area contributed by atoms with Crippen LogP contribution in [-0.4, -0.2) is 68.3 Å². The van der Waals surface area contributed by atoms with Crippen LogP contribution < -0.4 is 5.32 Å². The van der Waals surface area contributed by atoms with Gasteiger partial charge in [-0.15, -0.1) is 0 Å². The minimum atomic E-state index is -0.765. The number of β-amino-alcohol motifs (C(OH)–C–C–N with tert-alkyl or cyclic N) is 1. The third-order valence-electron chi connectivity index (χ3n) is 6.99. The van der Waals surface area contributed by atoms with Crippen molar-refractivity contribution in [3.8, 4) is 11.1 Å². The van der Waals surface area contributed by atoms with Gasteiger partial charge in [-0.1, -0.05) is 75.4 Å². The summed E-state index contributed by atoms with van der Waals surface area (Å²) in [6.45, 7) is 7.55. The highest BCUT2D eigenvalue weighted by atomic mass is 16.3. The molecule has 3 atom stereocenters. The Balaban J connectivity index is 1.46. The predicted octanol–water partition coefficient (Wildman–Crippen LogP) is 3.53. The number of nitrogens with zero attached hydrogens (tertiary/aromatic N) is 3. The van der Waals surface area contributed by atoms with Crippen molar-refractivity contribution >= 4 is 17.7 Å². The fraction of sp³-hybridized carbons (Fsp3) is 0.400. The van der Waals surface area contributed by atoms with Crippen LogP contribution in [0.25, 0.3) is 11.1 Å². The topological polar surface area (TPSA) is 119 Å².